The molecule has 0 unspecified atom stereocenters. The highest BCUT2D eigenvalue weighted by molar-refractivity contribution is 7.87. The van der Waals surface area contributed by atoms with Crippen LogP contribution in [0.25, 0.3) is 0 Å². The quantitative estimate of drug-likeness (QED) is 0.473. The third-order valence-electron chi connectivity index (χ3n) is 2.06. The van der Waals surface area contributed by atoms with Crippen molar-refractivity contribution in [2.45, 2.75) is 45.4 Å². The summed E-state index contributed by atoms with van der Waals surface area (Å²) in [7, 11) is -3.88. The summed E-state index contributed by atoms with van der Waals surface area (Å²) in [6.07, 6.45) is 6.15. The Morgan fingerprint density at radius 1 is 1.12 bits per heavy atom. The largest absolute Gasteiger partial charge is 0.480 e. The van der Waals surface area contributed by atoms with E-state index in [4.69, 9.17) is 5.11 Å². The highest BCUT2D eigenvalue weighted by atomic mass is 32.2. The summed E-state index contributed by atoms with van der Waals surface area (Å²) in [6.45, 7) is 2.21. The van der Waals surface area contributed by atoms with Gasteiger partial charge in [0, 0.05) is 0 Å². The molecule has 0 atom stereocenters. The van der Waals surface area contributed by atoms with Gasteiger partial charge in [0.05, 0.1) is 6.61 Å². The third-order valence-corrected chi connectivity index (χ3v) is 3.19. The van der Waals surface area contributed by atoms with Crippen LogP contribution in [0, 0.1) is 0 Å². The molecular weight excluding hydrogens is 232 g/mol. The molecule has 0 fully saturated rings. The molecule has 0 aliphatic carbocycles. The molecule has 0 aromatic heterocycles. The van der Waals surface area contributed by atoms with Crippen LogP contribution in [0.5, 0.6) is 0 Å². The van der Waals surface area contributed by atoms with Crippen LogP contribution in [-0.2, 0) is 19.1 Å². The van der Waals surface area contributed by atoms with Crippen molar-refractivity contribution < 1.29 is 22.5 Å². The van der Waals surface area contributed by atoms with E-state index in [-0.39, 0.29) is 6.61 Å². The average molecular weight is 252 g/mol. The molecule has 0 amide bonds. The van der Waals surface area contributed by atoms with Crippen molar-refractivity contribution in [3.05, 3.63) is 0 Å². The van der Waals surface area contributed by atoms with Gasteiger partial charge in [0.15, 0.2) is 5.75 Å². The normalized spacial score (nSPS) is 11.6. The van der Waals surface area contributed by atoms with Gasteiger partial charge in [0.25, 0.3) is 10.1 Å². The molecule has 0 aliphatic rings. The van der Waals surface area contributed by atoms with Crippen LogP contribution in [-0.4, -0.2) is 31.9 Å². The monoisotopic (exact) mass is 252 g/mol. The van der Waals surface area contributed by atoms with Crippen molar-refractivity contribution in [2.24, 2.45) is 0 Å². The highest BCUT2D eigenvalue weighted by Gasteiger charge is 2.15. The van der Waals surface area contributed by atoms with E-state index in [1.54, 1.807) is 0 Å². The second kappa shape index (κ2) is 8.52. The first-order chi connectivity index (χ1) is 7.48. The van der Waals surface area contributed by atoms with Gasteiger partial charge in [0.1, 0.15) is 0 Å². The molecule has 6 heteroatoms. The average Bonchev–Trinajstić information content (AvgIpc) is 2.14. The van der Waals surface area contributed by atoms with E-state index in [1.807, 2.05) is 0 Å². The lowest BCUT2D eigenvalue weighted by Gasteiger charge is -2.03. The van der Waals surface area contributed by atoms with E-state index in [0.29, 0.717) is 6.42 Å². The molecule has 0 bridgehead atoms. The summed E-state index contributed by atoms with van der Waals surface area (Å²) in [6, 6.07) is 0. The maximum atomic E-state index is 11.0. The minimum atomic E-state index is -3.88. The van der Waals surface area contributed by atoms with E-state index in [2.05, 4.69) is 11.1 Å². The Labute approximate surface area is 96.9 Å². The van der Waals surface area contributed by atoms with Crippen LogP contribution in [0.1, 0.15) is 45.4 Å². The van der Waals surface area contributed by atoms with Gasteiger partial charge in [-0.05, 0) is 6.42 Å². The number of unbranched alkanes of at least 4 members (excludes halogenated alkanes) is 5. The zero-order chi connectivity index (χ0) is 12.4. The fourth-order valence-corrected chi connectivity index (χ4v) is 2.02. The minimum Gasteiger partial charge on any atom is -0.480 e. The molecule has 96 valence electrons. The van der Waals surface area contributed by atoms with Gasteiger partial charge in [-0.3, -0.25) is 8.98 Å². The molecule has 1 N–H and O–H groups in total. The van der Waals surface area contributed by atoms with E-state index in [0.717, 1.165) is 19.3 Å². The van der Waals surface area contributed by atoms with Crippen LogP contribution in [0.15, 0.2) is 0 Å². The smallest absolute Gasteiger partial charge is 0.321 e. The first kappa shape index (κ1) is 15.4. The zero-order valence-electron chi connectivity index (χ0n) is 9.65. The van der Waals surface area contributed by atoms with Crippen LogP contribution in [0.4, 0.5) is 0 Å². The Bertz CT molecular complexity index is 284. The summed E-state index contributed by atoms with van der Waals surface area (Å²) < 4.78 is 26.5. The van der Waals surface area contributed by atoms with Gasteiger partial charge in [0.2, 0.25) is 0 Å². The third kappa shape index (κ3) is 9.92. The number of aliphatic carboxylic acids is 1. The number of rotatable bonds is 10. The Balaban J connectivity index is 3.47. The number of carboxylic acids is 1. The molecule has 0 aromatic rings. The van der Waals surface area contributed by atoms with Crippen molar-refractivity contribution in [1.29, 1.82) is 0 Å². The molecule has 0 aromatic carbocycles. The molecule has 0 saturated carbocycles. The van der Waals surface area contributed by atoms with Gasteiger partial charge < -0.3 is 5.11 Å². The molecule has 0 saturated heterocycles. The van der Waals surface area contributed by atoms with E-state index in [1.165, 1.54) is 12.8 Å². The van der Waals surface area contributed by atoms with Gasteiger partial charge >= 0.3 is 5.97 Å². The molecular formula is C10H20O5S. The number of carbonyl (C=O) groups is 1. The van der Waals surface area contributed by atoms with Crippen LogP contribution < -0.4 is 0 Å². The van der Waals surface area contributed by atoms with Crippen molar-refractivity contribution in [3.63, 3.8) is 0 Å². The summed E-state index contributed by atoms with van der Waals surface area (Å²) in [5.41, 5.74) is 0. The Morgan fingerprint density at radius 3 is 2.25 bits per heavy atom. The lowest BCUT2D eigenvalue weighted by Crippen LogP contribution is -2.18. The fraction of sp³-hybridized carbons (Fsp3) is 0.900. The molecule has 0 spiro atoms. The van der Waals surface area contributed by atoms with Crippen LogP contribution >= 0.6 is 0 Å². The number of carboxylic acid groups (broad SMARTS) is 1. The highest BCUT2D eigenvalue weighted by Crippen LogP contribution is 2.06. The Kier molecular flexibility index (Phi) is 8.19. The Morgan fingerprint density at radius 2 is 1.69 bits per heavy atom. The molecule has 16 heavy (non-hydrogen) atoms. The maximum Gasteiger partial charge on any atom is 0.321 e. The van der Waals surface area contributed by atoms with Crippen molar-refractivity contribution >= 4 is 16.1 Å². The maximum absolute atomic E-state index is 11.0. The molecule has 0 radical (unpaired) electrons. The van der Waals surface area contributed by atoms with Crippen molar-refractivity contribution in [1.82, 2.24) is 0 Å². The van der Waals surface area contributed by atoms with Crippen molar-refractivity contribution in [2.75, 3.05) is 12.4 Å². The van der Waals surface area contributed by atoms with E-state index < -0.39 is 21.8 Å². The first-order valence-corrected chi connectivity index (χ1v) is 7.14. The van der Waals surface area contributed by atoms with Crippen LogP contribution in [0.3, 0.4) is 0 Å². The summed E-state index contributed by atoms with van der Waals surface area (Å²) in [4.78, 5) is 10.2. The minimum absolute atomic E-state index is 0.0851. The van der Waals surface area contributed by atoms with E-state index >= 15 is 0 Å². The predicted molar refractivity (Wildman–Crippen MR) is 60.8 cm³/mol. The van der Waals surface area contributed by atoms with Gasteiger partial charge in [-0.15, -0.1) is 0 Å². The van der Waals surface area contributed by atoms with E-state index in [9.17, 15) is 13.2 Å². The summed E-state index contributed by atoms with van der Waals surface area (Å²) in [5.74, 6) is -2.34. The number of hydrogen-bond donors (Lipinski definition) is 1. The molecule has 0 aliphatic heterocycles. The summed E-state index contributed by atoms with van der Waals surface area (Å²) in [5, 5.41) is 8.29. The van der Waals surface area contributed by atoms with Gasteiger partial charge in [-0.1, -0.05) is 39.0 Å². The zero-order valence-corrected chi connectivity index (χ0v) is 10.5. The van der Waals surface area contributed by atoms with Crippen molar-refractivity contribution in [3.8, 4) is 0 Å². The Hall–Kier alpha value is -0.620. The van der Waals surface area contributed by atoms with Gasteiger partial charge in [-0.2, -0.15) is 8.42 Å². The lowest BCUT2D eigenvalue weighted by atomic mass is 10.1. The SMILES string of the molecule is CCCCCCCCOS(=O)(=O)CC(=O)O. The molecule has 5 nitrogen and oxygen atoms in total. The van der Waals surface area contributed by atoms with Crippen LogP contribution in [0.2, 0.25) is 0 Å². The second-order valence-corrected chi connectivity index (χ2v) is 5.33. The fourth-order valence-electron chi connectivity index (χ4n) is 1.26. The molecule has 0 rings (SSSR count). The lowest BCUT2D eigenvalue weighted by molar-refractivity contribution is -0.134. The topological polar surface area (TPSA) is 80.7 Å². The molecule has 0 heterocycles. The van der Waals surface area contributed by atoms with Gasteiger partial charge in [-0.25, -0.2) is 0 Å². The summed E-state index contributed by atoms with van der Waals surface area (Å²) >= 11 is 0. The first-order valence-electron chi connectivity index (χ1n) is 5.57. The second-order valence-electron chi connectivity index (χ2n) is 3.69. The predicted octanol–water partition coefficient (Wildman–Crippen LogP) is 1.78. The number of hydrogen-bond acceptors (Lipinski definition) is 4. The standard InChI is InChI=1S/C10H20O5S/c1-2-3-4-5-6-7-8-15-16(13,14)9-10(11)12/h2-9H2,1H3,(H,11,12).